The molecule has 4 heterocycles. The summed E-state index contributed by atoms with van der Waals surface area (Å²) in [6.45, 7) is 2.75. The molecule has 0 spiro atoms. The quantitative estimate of drug-likeness (QED) is 0.407. The fourth-order valence-corrected chi connectivity index (χ4v) is 8.19. The maximum absolute atomic E-state index is 13.7. The van der Waals surface area contributed by atoms with Gasteiger partial charge >= 0.3 is 0 Å². The predicted octanol–water partition coefficient (Wildman–Crippen LogP) is 3.56. The van der Waals surface area contributed by atoms with Crippen LogP contribution in [0.2, 0.25) is 4.34 Å². The molecule has 3 aromatic rings. The molecule has 1 aromatic carbocycles. The number of rotatable bonds is 8. The molecule has 3 amide bonds. The first-order valence-corrected chi connectivity index (χ1v) is 16.0. The molecule has 5 rings (SSSR count). The van der Waals surface area contributed by atoms with Gasteiger partial charge in [0.25, 0.3) is 5.91 Å². The highest BCUT2D eigenvalue weighted by Crippen LogP contribution is 2.30. The molecule has 2 aliphatic rings. The van der Waals surface area contributed by atoms with Gasteiger partial charge in [0, 0.05) is 43.2 Å². The first-order valence-electron chi connectivity index (χ1n) is 12.4. The van der Waals surface area contributed by atoms with Gasteiger partial charge in [-0.2, -0.15) is 4.72 Å². The van der Waals surface area contributed by atoms with Gasteiger partial charge in [-0.1, -0.05) is 17.7 Å². The Hall–Kier alpha value is -2.77. The number of nitrogens with one attached hydrogen (secondary N) is 2. The van der Waals surface area contributed by atoms with Crippen LogP contribution < -0.4 is 14.9 Å². The minimum absolute atomic E-state index is 0.0207. The van der Waals surface area contributed by atoms with Crippen LogP contribution in [0.1, 0.15) is 38.5 Å². The van der Waals surface area contributed by atoms with Gasteiger partial charge in [0.2, 0.25) is 21.8 Å². The Morgan fingerprint density at radius 1 is 1.13 bits per heavy atom. The highest BCUT2D eigenvalue weighted by atomic mass is 35.5. The number of carbonyl (C=O) groups is 3. The summed E-state index contributed by atoms with van der Waals surface area (Å²) in [5.74, 6) is -0.931. The molecule has 2 aliphatic heterocycles. The van der Waals surface area contributed by atoms with Crippen LogP contribution in [0.3, 0.4) is 0 Å². The standard InChI is InChI=1S/C26H27ClN4O5S3/c1-16-19(31-11-3-6-24(31)32)4-2-5-22(16)39(35,36)29-18(14-28-25(33)21-7-8-23(27)38-21)26(34)30-12-9-20-17(15-30)10-13-37-20/h2,4-5,7-8,10,13,18,29H,3,6,9,11-12,14-15H2,1H3,(H,28,33)/t18-/m0/s1. The van der Waals surface area contributed by atoms with Crippen molar-refractivity contribution in [3.8, 4) is 0 Å². The van der Waals surface area contributed by atoms with Gasteiger partial charge in [-0.3, -0.25) is 14.4 Å². The van der Waals surface area contributed by atoms with Gasteiger partial charge in [-0.25, -0.2) is 8.42 Å². The molecule has 0 saturated carbocycles. The number of anilines is 1. The number of nitrogens with zero attached hydrogens (tertiary/aromatic N) is 2. The summed E-state index contributed by atoms with van der Waals surface area (Å²) in [7, 11) is -4.20. The average molecular weight is 607 g/mol. The zero-order chi connectivity index (χ0) is 27.7. The molecule has 0 aliphatic carbocycles. The number of benzene rings is 1. The molecular weight excluding hydrogens is 580 g/mol. The molecule has 0 unspecified atom stereocenters. The van der Waals surface area contributed by atoms with Crippen LogP contribution in [0.5, 0.6) is 0 Å². The van der Waals surface area contributed by atoms with Crippen molar-refractivity contribution in [3.05, 3.63) is 67.0 Å². The maximum atomic E-state index is 13.7. The number of fused-ring (bicyclic) bond motifs is 1. The monoisotopic (exact) mass is 606 g/mol. The predicted molar refractivity (Wildman–Crippen MR) is 152 cm³/mol. The molecular formula is C26H27ClN4O5S3. The molecule has 2 N–H and O–H groups in total. The average Bonchev–Trinajstić information content (AvgIpc) is 3.66. The van der Waals surface area contributed by atoms with E-state index in [1.54, 1.807) is 52.3 Å². The molecule has 1 saturated heterocycles. The van der Waals surface area contributed by atoms with E-state index < -0.39 is 27.9 Å². The number of halogens is 1. The topological polar surface area (TPSA) is 116 Å². The summed E-state index contributed by atoms with van der Waals surface area (Å²) in [6, 6.07) is 8.65. The van der Waals surface area contributed by atoms with Crippen LogP contribution in [0, 0.1) is 6.92 Å². The van der Waals surface area contributed by atoms with Crippen LogP contribution >= 0.6 is 34.3 Å². The Labute approximate surface area is 239 Å². The normalized spacial score (nSPS) is 16.3. The summed E-state index contributed by atoms with van der Waals surface area (Å²) in [5.41, 5.74) is 1.99. The fourth-order valence-electron chi connectivity index (χ4n) is 4.89. The molecule has 206 valence electrons. The van der Waals surface area contributed by atoms with Crippen LogP contribution in [0.15, 0.2) is 46.7 Å². The number of carbonyl (C=O) groups excluding carboxylic acids is 3. The van der Waals surface area contributed by atoms with Crippen LogP contribution in [0.25, 0.3) is 0 Å². The van der Waals surface area contributed by atoms with Gasteiger partial charge in [0.15, 0.2) is 0 Å². The lowest BCUT2D eigenvalue weighted by Gasteiger charge is -2.31. The van der Waals surface area contributed by atoms with Crippen molar-refractivity contribution in [1.82, 2.24) is 14.9 Å². The number of hydrogen-bond donors (Lipinski definition) is 2. The highest BCUT2D eigenvalue weighted by Gasteiger charge is 2.33. The van der Waals surface area contributed by atoms with Gasteiger partial charge in [-0.05, 0) is 66.6 Å². The lowest BCUT2D eigenvalue weighted by atomic mass is 10.1. The highest BCUT2D eigenvalue weighted by molar-refractivity contribution is 7.89. The van der Waals surface area contributed by atoms with E-state index >= 15 is 0 Å². The van der Waals surface area contributed by atoms with Crippen molar-refractivity contribution in [2.45, 2.75) is 43.7 Å². The summed E-state index contributed by atoms with van der Waals surface area (Å²) >= 11 is 8.68. The first kappa shape index (κ1) is 27.8. The molecule has 2 aromatic heterocycles. The van der Waals surface area contributed by atoms with E-state index in [1.165, 1.54) is 10.9 Å². The second kappa shape index (κ2) is 11.4. The largest absolute Gasteiger partial charge is 0.349 e. The molecule has 1 atom stereocenters. The minimum atomic E-state index is -4.20. The molecule has 0 bridgehead atoms. The lowest BCUT2D eigenvalue weighted by molar-refractivity contribution is -0.133. The van der Waals surface area contributed by atoms with Gasteiger partial charge in [0.05, 0.1) is 14.1 Å². The summed E-state index contributed by atoms with van der Waals surface area (Å²) < 4.78 is 30.3. The van der Waals surface area contributed by atoms with Crippen molar-refractivity contribution >= 4 is 67.7 Å². The fraction of sp³-hybridized carbons (Fsp3) is 0.346. The molecule has 13 heteroatoms. The van der Waals surface area contributed by atoms with E-state index in [-0.39, 0.29) is 17.3 Å². The maximum Gasteiger partial charge on any atom is 0.261 e. The van der Waals surface area contributed by atoms with E-state index in [9.17, 15) is 22.8 Å². The molecule has 0 radical (unpaired) electrons. The van der Waals surface area contributed by atoms with Gasteiger partial charge < -0.3 is 15.1 Å². The Morgan fingerprint density at radius 2 is 1.95 bits per heavy atom. The van der Waals surface area contributed by atoms with E-state index in [1.807, 2.05) is 11.4 Å². The van der Waals surface area contributed by atoms with E-state index in [4.69, 9.17) is 11.6 Å². The Bertz CT molecular complexity index is 1530. The van der Waals surface area contributed by atoms with Crippen molar-refractivity contribution in [1.29, 1.82) is 0 Å². The van der Waals surface area contributed by atoms with Crippen molar-refractivity contribution < 1.29 is 22.8 Å². The van der Waals surface area contributed by atoms with Crippen molar-refractivity contribution in [2.75, 3.05) is 24.5 Å². The summed E-state index contributed by atoms with van der Waals surface area (Å²) in [5, 5.41) is 4.66. The van der Waals surface area contributed by atoms with Gasteiger partial charge in [0.1, 0.15) is 6.04 Å². The van der Waals surface area contributed by atoms with Crippen molar-refractivity contribution in [3.63, 3.8) is 0 Å². The van der Waals surface area contributed by atoms with E-state index in [0.29, 0.717) is 59.4 Å². The smallest absolute Gasteiger partial charge is 0.261 e. The van der Waals surface area contributed by atoms with Gasteiger partial charge in [-0.15, -0.1) is 22.7 Å². The second-order valence-corrected chi connectivity index (χ2v) is 13.8. The van der Waals surface area contributed by atoms with Crippen LogP contribution in [-0.2, 0) is 32.6 Å². The Kier molecular flexibility index (Phi) is 8.11. The summed E-state index contributed by atoms with van der Waals surface area (Å²) in [4.78, 5) is 43.5. The number of sulfonamides is 1. The third-order valence-electron chi connectivity index (χ3n) is 6.89. The first-order chi connectivity index (χ1) is 18.6. The Morgan fingerprint density at radius 3 is 2.67 bits per heavy atom. The number of amides is 3. The third-order valence-corrected chi connectivity index (χ3v) is 10.8. The number of thiophene rings is 2. The zero-order valence-electron chi connectivity index (χ0n) is 21.1. The molecule has 1 fully saturated rings. The van der Waals surface area contributed by atoms with Crippen molar-refractivity contribution in [2.24, 2.45) is 0 Å². The van der Waals surface area contributed by atoms with E-state index in [0.717, 1.165) is 16.9 Å². The summed E-state index contributed by atoms with van der Waals surface area (Å²) in [6.07, 6.45) is 1.81. The van der Waals surface area contributed by atoms with E-state index in [2.05, 4.69) is 10.0 Å². The molecule has 39 heavy (non-hydrogen) atoms. The SMILES string of the molecule is Cc1c(N2CCCC2=O)cccc1S(=O)(=O)N[C@@H](CNC(=O)c1ccc(Cl)s1)C(=O)N1CCc2sccc2C1. The Balaban J connectivity index is 1.40. The van der Waals surface area contributed by atoms with Crippen LogP contribution in [0.4, 0.5) is 5.69 Å². The zero-order valence-corrected chi connectivity index (χ0v) is 24.3. The van der Waals surface area contributed by atoms with Crippen LogP contribution in [-0.4, -0.2) is 56.7 Å². The lowest BCUT2D eigenvalue weighted by Crippen LogP contribution is -2.54. The number of hydrogen-bond acceptors (Lipinski definition) is 7. The molecule has 9 nitrogen and oxygen atoms in total. The minimum Gasteiger partial charge on any atom is -0.349 e. The third kappa shape index (κ3) is 5.90. The second-order valence-electron chi connectivity index (χ2n) is 9.42.